The first-order valence-corrected chi connectivity index (χ1v) is 6.70. The van der Waals surface area contributed by atoms with Gasteiger partial charge in [0.2, 0.25) is 10.0 Å². The van der Waals surface area contributed by atoms with Crippen molar-refractivity contribution in [2.24, 2.45) is 0 Å². The average molecular weight is 255 g/mol. The summed E-state index contributed by atoms with van der Waals surface area (Å²) >= 11 is 0. The Morgan fingerprint density at radius 1 is 1.35 bits per heavy atom. The summed E-state index contributed by atoms with van der Waals surface area (Å²) in [7, 11) is -3.20. The molecule has 0 atom stereocenters. The van der Waals surface area contributed by atoms with E-state index in [1.54, 1.807) is 24.3 Å². The second kappa shape index (κ2) is 5.60. The van der Waals surface area contributed by atoms with Crippen LogP contribution in [0.1, 0.15) is 11.1 Å². The highest BCUT2D eigenvalue weighted by atomic mass is 32.2. The van der Waals surface area contributed by atoms with Crippen LogP contribution in [0.25, 0.3) is 6.08 Å². The lowest BCUT2D eigenvalue weighted by atomic mass is 10.1. The number of aliphatic carboxylic acids is 1. The Morgan fingerprint density at radius 2 is 1.94 bits per heavy atom. The summed E-state index contributed by atoms with van der Waals surface area (Å²) in [5.74, 6) is -1.01. The molecule has 0 aliphatic carbocycles. The zero-order chi connectivity index (χ0) is 12.9. The van der Waals surface area contributed by atoms with E-state index >= 15 is 0 Å². The fourth-order valence-electron chi connectivity index (χ4n) is 1.13. The van der Waals surface area contributed by atoms with Gasteiger partial charge in [0, 0.05) is 12.6 Å². The van der Waals surface area contributed by atoms with Crippen LogP contribution in [0.4, 0.5) is 0 Å². The van der Waals surface area contributed by atoms with Crippen LogP contribution in [0.2, 0.25) is 0 Å². The smallest absolute Gasteiger partial charge is 0.328 e. The molecule has 17 heavy (non-hydrogen) atoms. The summed E-state index contributed by atoms with van der Waals surface area (Å²) in [6.07, 6.45) is 3.61. The zero-order valence-electron chi connectivity index (χ0n) is 9.25. The fourth-order valence-corrected chi connectivity index (χ4v) is 1.56. The number of sulfonamides is 1. The van der Waals surface area contributed by atoms with E-state index in [1.807, 2.05) is 0 Å². The van der Waals surface area contributed by atoms with Gasteiger partial charge in [-0.1, -0.05) is 24.3 Å². The van der Waals surface area contributed by atoms with Crippen molar-refractivity contribution in [1.29, 1.82) is 0 Å². The third-order valence-electron chi connectivity index (χ3n) is 1.94. The normalized spacial score (nSPS) is 11.8. The SMILES string of the molecule is CS(=O)(=O)NCc1ccc(/C=C/C(=O)O)cc1. The van der Waals surface area contributed by atoms with Crippen molar-refractivity contribution in [3.05, 3.63) is 41.5 Å². The maximum Gasteiger partial charge on any atom is 0.328 e. The largest absolute Gasteiger partial charge is 0.478 e. The monoisotopic (exact) mass is 255 g/mol. The Hall–Kier alpha value is -1.66. The number of carboxylic acid groups (broad SMARTS) is 1. The van der Waals surface area contributed by atoms with Gasteiger partial charge in [-0.25, -0.2) is 17.9 Å². The van der Waals surface area contributed by atoms with Gasteiger partial charge in [0.15, 0.2) is 0 Å². The van der Waals surface area contributed by atoms with Gasteiger partial charge in [-0.15, -0.1) is 0 Å². The van der Waals surface area contributed by atoms with E-state index in [2.05, 4.69) is 4.72 Å². The zero-order valence-corrected chi connectivity index (χ0v) is 10.1. The van der Waals surface area contributed by atoms with Gasteiger partial charge < -0.3 is 5.11 Å². The summed E-state index contributed by atoms with van der Waals surface area (Å²) in [5.41, 5.74) is 1.55. The molecule has 0 aliphatic heterocycles. The van der Waals surface area contributed by atoms with E-state index in [0.29, 0.717) is 0 Å². The van der Waals surface area contributed by atoms with Crippen LogP contribution in [-0.2, 0) is 21.4 Å². The number of hydrogen-bond donors (Lipinski definition) is 2. The lowest BCUT2D eigenvalue weighted by Gasteiger charge is -2.02. The number of nitrogens with one attached hydrogen (secondary N) is 1. The second-order valence-corrected chi connectivity index (χ2v) is 5.34. The predicted molar refractivity (Wildman–Crippen MR) is 64.8 cm³/mol. The molecular weight excluding hydrogens is 242 g/mol. The quantitative estimate of drug-likeness (QED) is 0.763. The summed E-state index contributed by atoms with van der Waals surface area (Å²) < 4.78 is 24.1. The van der Waals surface area contributed by atoms with Gasteiger partial charge >= 0.3 is 5.97 Å². The molecule has 1 rings (SSSR count). The Balaban J connectivity index is 2.65. The van der Waals surface area contributed by atoms with Crippen molar-refractivity contribution in [2.75, 3.05) is 6.26 Å². The molecule has 0 aromatic heterocycles. The fraction of sp³-hybridized carbons (Fsp3) is 0.182. The molecule has 0 amide bonds. The lowest BCUT2D eigenvalue weighted by molar-refractivity contribution is -0.131. The van der Waals surface area contributed by atoms with Gasteiger partial charge in [0.05, 0.1) is 6.26 Å². The molecule has 1 aromatic carbocycles. The Morgan fingerprint density at radius 3 is 2.41 bits per heavy atom. The third-order valence-corrected chi connectivity index (χ3v) is 2.61. The molecule has 5 nitrogen and oxygen atoms in total. The molecular formula is C11H13NO4S. The number of carbonyl (C=O) groups is 1. The van der Waals surface area contributed by atoms with Crippen molar-refractivity contribution in [2.45, 2.75) is 6.54 Å². The van der Waals surface area contributed by atoms with Gasteiger partial charge in [0.25, 0.3) is 0 Å². The Bertz CT molecular complexity index is 517. The van der Waals surface area contributed by atoms with Crippen LogP contribution in [0.15, 0.2) is 30.3 Å². The average Bonchev–Trinajstić information content (AvgIpc) is 2.24. The number of benzene rings is 1. The number of carboxylic acids is 1. The molecule has 0 saturated carbocycles. The first-order chi connectivity index (χ1) is 7.87. The van der Waals surface area contributed by atoms with Crippen molar-refractivity contribution >= 4 is 22.1 Å². The minimum absolute atomic E-state index is 0.224. The van der Waals surface area contributed by atoms with Crippen molar-refractivity contribution in [1.82, 2.24) is 4.72 Å². The van der Waals surface area contributed by atoms with Crippen molar-refractivity contribution < 1.29 is 18.3 Å². The summed E-state index contributed by atoms with van der Waals surface area (Å²) in [6.45, 7) is 0.224. The standard InChI is InChI=1S/C11H13NO4S/c1-17(15,16)12-8-10-4-2-9(3-5-10)6-7-11(13)14/h2-7,12H,8H2,1H3,(H,13,14)/b7-6+. The highest BCUT2D eigenvalue weighted by Crippen LogP contribution is 2.06. The van der Waals surface area contributed by atoms with E-state index < -0.39 is 16.0 Å². The molecule has 0 aliphatic rings. The van der Waals surface area contributed by atoms with Gasteiger partial charge in [-0.2, -0.15) is 0 Å². The number of hydrogen-bond acceptors (Lipinski definition) is 3. The van der Waals surface area contributed by atoms with Gasteiger partial charge in [0.1, 0.15) is 0 Å². The molecule has 0 spiro atoms. The first kappa shape index (κ1) is 13.4. The molecule has 0 bridgehead atoms. The van der Waals surface area contributed by atoms with Crippen LogP contribution in [0.3, 0.4) is 0 Å². The first-order valence-electron chi connectivity index (χ1n) is 4.81. The maximum absolute atomic E-state index is 10.9. The van der Waals surface area contributed by atoms with Crippen molar-refractivity contribution in [3.63, 3.8) is 0 Å². The molecule has 0 saturated heterocycles. The molecule has 0 fully saturated rings. The van der Waals surface area contributed by atoms with Crippen LogP contribution >= 0.6 is 0 Å². The van der Waals surface area contributed by atoms with Crippen LogP contribution in [0, 0.1) is 0 Å². The van der Waals surface area contributed by atoms with Crippen LogP contribution in [-0.4, -0.2) is 25.7 Å². The minimum atomic E-state index is -3.20. The van der Waals surface area contributed by atoms with E-state index in [-0.39, 0.29) is 6.54 Å². The molecule has 6 heteroatoms. The third kappa shape index (κ3) is 5.84. The Labute approximate surface area is 99.8 Å². The van der Waals surface area contributed by atoms with E-state index in [4.69, 9.17) is 5.11 Å². The molecule has 0 unspecified atom stereocenters. The van der Waals surface area contributed by atoms with Crippen LogP contribution in [0.5, 0.6) is 0 Å². The topological polar surface area (TPSA) is 83.5 Å². The highest BCUT2D eigenvalue weighted by Gasteiger charge is 2.00. The van der Waals surface area contributed by atoms with Gasteiger partial charge in [-0.3, -0.25) is 0 Å². The Kier molecular flexibility index (Phi) is 4.42. The summed E-state index contributed by atoms with van der Waals surface area (Å²) in [6, 6.07) is 6.91. The van der Waals surface area contributed by atoms with Crippen LogP contribution < -0.4 is 4.72 Å². The highest BCUT2D eigenvalue weighted by molar-refractivity contribution is 7.88. The molecule has 1 aromatic rings. The van der Waals surface area contributed by atoms with Gasteiger partial charge in [-0.05, 0) is 17.2 Å². The van der Waals surface area contributed by atoms with E-state index in [0.717, 1.165) is 23.5 Å². The second-order valence-electron chi connectivity index (χ2n) is 3.51. The maximum atomic E-state index is 10.9. The molecule has 2 N–H and O–H groups in total. The molecule has 0 radical (unpaired) electrons. The predicted octanol–water partition coefficient (Wildman–Crippen LogP) is 0.834. The minimum Gasteiger partial charge on any atom is -0.478 e. The molecule has 0 heterocycles. The van der Waals surface area contributed by atoms with E-state index in [9.17, 15) is 13.2 Å². The number of rotatable bonds is 5. The lowest BCUT2D eigenvalue weighted by Crippen LogP contribution is -2.21. The van der Waals surface area contributed by atoms with E-state index in [1.165, 1.54) is 6.08 Å². The molecule has 92 valence electrons. The summed E-state index contributed by atoms with van der Waals surface area (Å²) in [5, 5.41) is 8.44. The summed E-state index contributed by atoms with van der Waals surface area (Å²) in [4.78, 5) is 10.3. The van der Waals surface area contributed by atoms with Crippen molar-refractivity contribution in [3.8, 4) is 0 Å².